The number of nitrogens with one attached hydrogen (secondary N) is 1. The van der Waals surface area contributed by atoms with E-state index in [9.17, 15) is 9.59 Å². The van der Waals surface area contributed by atoms with Crippen molar-refractivity contribution in [3.63, 3.8) is 0 Å². The van der Waals surface area contributed by atoms with Crippen molar-refractivity contribution in [1.29, 1.82) is 0 Å². The van der Waals surface area contributed by atoms with Gasteiger partial charge >= 0.3 is 5.97 Å². The molecule has 116 valence electrons. The summed E-state index contributed by atoms with van der Waals surface area (Å²) in [6.07, 6.45) is 0. The van der Waals surface area contributed by atoms with Crippen LogP contribution in [0.1, 0.15) is 24.9 Å². The quantitative estimate of drug-likeness (QED) is 0.657. The van der Waals surface area contributed by atoms with E-state index in [1.807, 2.05) is 31.2 Å². The molecule has 5 nitrogen and oxygen atoms in total. The predicted octanol–water partition coefficient (Wildman–Crippen LogP) is 2.65. The predicted molar refractivity (Wildman–Crippen MR) is 84.7 cm³/mol. The van der Waals surface area contributed by atoms with Crippen LogP contribution in [0, 0.1) is 6.92 Å². The summed E-state index contributed by atoms with van der Waals surface area (Å²) in [6, 6.07) is 10.9. The molecule has 0 saturated heterocycles. The number of carbonyl (C=O) groups is 2. The lowest BCUT2D eigenvalue weighted by Crippen LogP contribution is -2.27. The van der Waals surface area contributed by atoms with Crippen molar-refractivity contribution in [2.24, 2.45) is 0 Å². The maximum atomic E-state index is 11.9. The van der Waals surface area contributed by atoms with E-state index in [-0.39, 0.29) is 5.91 Å². The van der Waals surface area contributed by atoms with Crippen LogP contribution in [-0.2, 0) is 4.74 Å². The summed E-state index contributed by atoms with van der Waals surface area (Å²) in [5.41, 5.74) is 1.12. The molecule has 0 aliphatic carbocycles. The zero-order valence-electron chi connectivity index (χ0n) is 12.4. The number of amides is 1. The number of esters is 1. The number of rotatable bonds is 6. The molecule has 1 amide bonds. The van der Waals surface area contributed by atoms with E-state index >= 15 is 0 Å². The molecular formula is C16H17NO4S. The summed E-state index contributed by atoms with van der Waals surface area (Å²) in [6.45, 7) is 2.76. The molecule has 1 heterocycles. The van der Waals surface area contributed by atoms with Gasteiger partial charge in [0.15, 0.2) is 0 Å². The van der Waals surface area contributed by atoms with E-state index in [4.69, 9.17) is 4.74 Å². The maximum absolute atomic E-state index is 11.9. The number of hydrogen-bond donors (Lipinski definition) is 1. The molecule has 0 spiro atoms. The van der Waals surface area contributed by atoms with E-state index in [0.29, 0.717) is 22.9 Å². The van der Waals surface area contributed by atoms with Crippen LogP contribution in [0.2, 0.25) is 0 Å². The first kappa shape index (κ1) is 16.0. The normalized spacial score (nSPS) is 10.1. The Morgan fingerprint density at radius 1 is 1.18 bits per heavy atom. The van der Waals surface area contributed by atoms with Crippen molar-refractivity contribution in [2.45, 2.75) is 6.92 Å². The maximum Gasteiger partial charge on any atom is 0.348 e. The summed E-state index contributed by atoms with van der Waals surface area (Å²) in [5, 5.41) is 2.75. The molecule has 0 radical (unpaired) electrons. The highest BCUT2D eigenvalue weighted by molar-refractivity contribution is 7.15. The molecule has 0 bridgehead atoms. The second-order valence-corrected chi connectivity index (χ2v) is 5.66. The van der Waals surface area contributed by atoms with Gasteiger partial charge in [0, 0.05) is 0 Å². The fraction of sp³-hybridized carbons (Fsp3) is 0.250. The van der Waals surface area contributed by atoms with Gasteiger partial charge in [0.25, 0.3) is 5.91 Å². The molecular weight excluding hydrogens is 302 g/mol. The average molecular weight is 319 g/mol. The fourth-order valence-corrected chi connectivity index (χ4v) is 2.64. The standard InChI is InChI=1S/C16H17NO4S/c1-11-4-3-5-12(10-11)21-9-8-17-15(18)13-6-7-14(22-13)16(19)20-2/h3-7,10H,8-9H2,1-2H3,(H,17,18). The Labute approximate surface area is 132 Å². The minimum absolute atomic E-state index is 0.229. The van der Waals surface area contributed by atoms with E-state index in [0.717, 1.165) is 22.6 Å². The number of benzene rings is 1. The first-order valence-corrected chi connectivity index (χ1v) is 7.57. The minimum atomic E-state index is -0.438. The summed E-state index contributed by atoms with van der Waals surface area (Å²) >= 11 is 1.10. The SMILES string of the molecule is COC(=O)c1ccc(C(=O)NCCOc2cccc(C)c2)s1. The third kappa shape index (κ3) is 4.33. The Morgan fingerprint density at radius 2 is 1.95 bits per heavy atom. The lowest BCUT2D eigenvalue weighted by molar-refractivity contribution is 0.0606. The van der Waals surface area contributed by atoms with Gasteiger partial charge in [0.05, 0.1) is 18.5 Å². The van der Waals surface area contributed by atoms with Crippen molar-refractivity contribution in [3.8, 4) is 5.75 Å². The molecule has 0 atom stereocenters. The van der Waals surface area contributed by atoms with Crippen LogP contribution in [0.15, 0.2) is 36.4 Å². The van der Waals surface area contributed by atoms with Gasteiger partial charge in [0.2, 0.25) is 0 Å². The van der Waals surface area contributed by atoms with Gasteiger partial charge in [-0.05, 0) is 36.8 Å². The molecule has 1 aromatic heterocycles. The topological polar surface area (TPSA) is 64.6 Å². The molecule has 1 N–H and O–H groups in total. The lowest BCUT2D eigenvalue weighted by Gasteiger charge is -2.07. The highest BCUT2D eigenvalue weighted by Crippen LogP contribution is 2.17. The van der Waals surface area contributed by atoms with Crippen molar-refractivity contribution >= 4 is 23.2 Å². The number of thiophene rings is 1. The molecule has 0 fully saturated rings. The number of hydrogen-bond acceptors (Lipinski definition) is 5. The van der Waals surface area contributed by atoms with Crippen LogP contribution in [0.5, 0.6) is 5.75 Å². The van der Waals surface area contributed by atoms with Gasteiger partial charge < -0.3 is 14.8 Å². The second-order valence-electron chi connectivity index (χ2n) is 4.58. The third-order valence-electron chi connectivity index (χ3n) is 2.86. The Kier molecular flexibility index (Phi) is 5.55. The highest BCUT2D eigenvalue weighted by Gasteiger charge is 2.13. The zero-order valence-corrected chi connectivity index (χ0v) is 13.2. The molecule has 0 unspecified atom stereocenters. The van der Waals surface area contributed by atoms with E-state index in [1.165, 1.54) is 7.11 Å². The molecule has 0 saturated carbocycles. The smallest absolute Gasteiger partial charge is 0.348 e. The minimum Gasteiger partial charge on any atom is -0.492 e. The Morgan fingerprint density at radius 3 is 2.68 bits per heavy atom. The summed E-state index contributed by atoms with van der Waals surface area (Å²) in [5.74, 6) is 0.109. The fourth-order valence-electron chi connectivity index (χ4n) is 1.80. The Hall–Kier alpha value is -2.34. The van der Waals surface area contributed by atoms with Gasteiger partial charge in [-0.1, -0.05) is 12.1 Å². The van der Waals surface area contributed by atoms with Crippen LogP contribution in [0.3, 0.4) is 0 Å². The number of methoxy groups -OCH3 is 1. The van der Waals surface area contributed by atoms with E-state index in [2.05, 4.69) is 10.1 Å². The molecule has 6 heteroatoms. The van der Waals surface area contributed by atoms with Crippen LogP contribution in [0.25, 0.3) is 0 Å². The largest absolute Gasteiger partial charge is 0.492 e. The molecule has 2 rings (SSSR count). The second kappa shape index (κ2) is 7.61. The van der Waals surface area contributed by atoms with Crippen molar-refractivity contribution in [2.75, 3.05) is 20.3 Å². The Bertz CT molecular complexity index is 666. The number of ether oxygens (including phenoxy) is 2. The number of carbonyl (C=O) groups excluding carboxylic acids is 2. The van der Waals surface area contributed by atoms with Crippen molar-refractivity contribution < 1.29 is 19.1 Å². The molecule has 2 aromatic rings. The lowest BCUT2D eigenvalue weighted by atomic mass is 10.2. The number of aryl methyl sites for hydroxylation is 1. The van der Waals surface area contributed by atoms with Crippen LogP contribution in [-0.4, -0.2) is 32.1 Å². The summed E-state index contributed by atoms with van der Waals surface area (Å²) in [4.78, 5) is 24.1. The summed E-state index contributed by atoms with van der Waals surface area (Å²) in [7, 11) is 1.31. The molecule has 0 aliphatic heterocycles. The summed E-state index contributed by atoms with van der Waals surface area (Å²) < 4.78 is 10.2. The van der Waals surface area contributed by atoms with Crippen molar-refractivity contribution in [3.05, 3.63) is 51.7 Å². The van der Waals surface area contributed by atoms with Crippen LogP contribution < -0.4 is 10.1 Å². The highest BCUT2D eigenvalue weighted by atomic mass is 32.1. The third-order valence-corrected chi connectivity index (χ3v) is 3.93. The van der Waals surface area contributed by atoms with E-state index < -0.39 is 5.97 Å². The molecule has 1 aromatic carbocycles. The first-order valence-electron chi connectivity index (χ1n) is 6.76. The van der Waals surface area contributed by atoms with Gasteiger partial charge in [-0.3, -0.25) is 4.79 Å². The Balaban J connectivity index is 1.78. The molecule has 0 aliphatic rings. The monoisotopic (exact) mass is 319 g/mol. The zero-order chi connectivity index (χ0) is 15.9. The van der Waals surface area contributed by atoms with Crippen molar-refractivity contribution in [1.82, 2.24) is 5.32 Å². The van der Waals surface area contributed by atoms with Crippen LogP contribution >= 0.6 is 11.3 Å². The van der Waals surface area contributed by atoms with Gasteiger partial charge in [-0.25, -0.2) is 4.79 Å². The van der Waals surface area contributed by atoms with Gasteiger partial charge in [-0.15, -0.1) is 11.3 Å². The van der Waals surface area contributed by atoms with Gasteiger partial charge in [0.1, 0.15) is 17.2 Å². The van der Waals surface area contributed by atoms with Crippen LogP contribution in [0.4, 0.5) is 0 Å². The van der Waals surface area contributed by atoms with Gasteiger partial charge in [-0.2, -0.15) is 0 Å². The average Bonchev–Trinajstić information content (AvgIpc) is 3.00. The van der Waals surface area contributed by atoms with E-state index in [1.54, 1.807) is 12.1 Å². The molecule has 22 heavy (non-hydrogen) atoms. The first-order chi connectivity index (χ1) is 10.6.